The molecular formula is C13H17ClN2O. The van der Waals surface area contributed by atoms with Crippen molar-refractivity contribution >= 4 is 17.5 Å². The molecule has 1 fully saturated rings. The molecule has 1 saturated carbocycles. The molecular weight excluding hydrogens is 236 g/mol. The average molecular weight is 253 g/mol. The molecule has 1 aliphatic carbocycles. The van der Waals surface area contributed by atoms with Crippen molar-refractivity contribution in [2.75, 3.05) is 6.54 Å². The Hall–Kier alpha value is -1.06. The van der Waals surface area contributed by atoms with E-state index in [0.717, 1.165) is 12.8 Å². The van der Waals surface area contributed by atoms with Crippen LogP contribution in [0.1, 0.15) is 30.1 Å². The van der Waals surface area contributed by atoms with Gasteiger partial charge in [-0.1, -0.05) is 17.7 Å². The lowest BCUT2D eigenvalue weighted by Crippen LogP contribution is -2.53. The first-order valence-corrected chi connectivity index (χ1v) is 6.21. The third kappa shape index (κ3) is 2.79. The maximum atomic E-state index is 12.1. The van der Waals surface area contributed by atoms with Crippen molar-refractivity contribution in [2.24, 2.45) is 11.7 Å². The first-order chi connectivity index (χ1) is 8.05. The van der Waals surface area contributed by atoms with Crippen molar-refractivity contribution in [3.8, 4) is 0 Å². The number of amides is 1. The van der Waals surface area contributed by atoms with Gasteiger partial charge < -0.3 is 11.1 Å². The molecule has 0 saturated heterocycles. The average Bonchev–Trinajstić information content (AvgIpc) is 3.13. The maximum Gasteiger partial charge on any atom is 0.251 e. The van der Waals surface area contributed by atoms with Crippen molar-refractivity contribution in [3.63, 3.8) is 0 Å². The number of benzene rings is 1. The summed E-state index contributed by atoms with van der Waals surface area (Å²) in [6, 6.07) is 6.95. The molecule has 0 aromatic heterocycles. The van der Waals surface area contributed by atoms with E-state index in [1.54, 1.807) is 24.3 Å². The number of nitrogens with one attached hydrogen (secondary N) is 1. The van der Waals surface area contributed by atoms with Crippen LogP contribution in [0.25, 0.3) is 0 Å². The molecule has 1 atom stereocenters. The quantitative estimate of drug-likeness (QED) is 0.863. The van der Waals surface area contributed by atoms with Crippen molar-refractivity contribution < 1.29 is 4.79 Å². The monoisotopic (exact) mass is 252 g/mol. The standard InChI is InChI=1S/C13H17ClN2O/c1-13(8-15,10-5-6-10)16-12(17)9-3-2-4-11(14)7-9/h2-4,7,10H,5-6,8,15H2,1H3,(H,16,17). The van der Waals surface area contributed by atoms with E-state index in [0.29, 0.717) is 23.0 Å². The minimum absolute atomic E-state index is 0.104. The summed E-state index contributed by atoms with van der Waals surface area (Å²) in [4.78, 5) is 12.1. The largest absolute Gasteiger partial charge is 0.345 e. The molecule has 1 amide bonds. The van der Waals surface area contributed by atoms with E-state index in [1.807, 2.05) is 6.92 Å². The smallest absolute Gasteiger partial charge is 0.251 e. The highest BCUT2D eigenvalue weighted by atomic mass is 35.5. The normalized spacial score (nSPS) is 18.5. The van der Waals surface area contributed by atoms with Crippen LogP contribution in [-0.2, 0) is 0 Å². The van der Waals surface area contributed by atoms with E-state index in [4.69, 9.17) is 17.3 Å². The van der Waals surface area contributed by atoms with Crippen LogP contribution < -0.4 is 11.1 Å². The summed E-state index contributed by atoms with van der Waals surface area (Å²) in [6.07, 6.45) is 2.28. The van der Waals surface area contributed by atoms with Crippen LogP contribution in [0.3, 0.4) is 0 Å². The fourth-order valence-corrected chi connectivity index (χ4v) is 2.19. The minimum atomic E-state index is -0.292. The summed E-state index contributed by atoms with van der Waals surface area (Å²) in [5.74, 6) is 0.406. The number of rotatable bonds is 4. The van der Waals surface area contributed by atoms with Crippen LogP contribution in [-0.4, -0.2) is 18.0 Å². The first-order valence-electron chi connectivity index (χ1n) is 5.83. The van der Waals surface area contributed by atoms with Gasteiger partial charge in [0.1, 0.15) is 0 Å². The Morgan fingerprint density at radius 3 is 2.82 bits per heavy atom. The number of halogens is 1. The number of carbonyl (C=O) groups excluding carboxylic acids is 1. The van der Waals surface area contributed by atoms with E-state index in [2.05, 4.69) is 5.32 Å². The highest BCUT2D eigenvalue weighted by Gasteiger charge is 2.41. The third-order valence-electron chi connectivity index (χ3n) is 3.39. The molecule has 4 heteroatoms. The van der Waals surface area contributed by atoms with Crippen molar-refractivity contribution in [3.05, 3.63) is 34.9 Å². The molecule has 1 aliphatic rings. The Balaban J connectivity index is 2.10. The molecule has 0 heterocycles. The van der Waals surface area contributed by atoms with Gasteiger partial charge in [0.05, 0.1) is 5.54 Å². The minimum Gasteiger partial charge on any atom is -0.345 e. The molecule has 92 valence electrons. The lowest BCUT2D eigenvalue weighted by molar-refractivity contribution is 0.0898. The predicted octanol–water partition coefficient (Wildman–Crippen LogP) is 2.20. The van der Waals surface area contributed by atoms with Crippen LogP contribution in [0.4, 0.5) is 0 Å². The van der Waals surface area contributed by atoms with Gasteiger partial charge >= 0.3 is 0 Å². The maximum absolute atomic E-state index is 12.1. The molecule has 2 rings (SSSR count). The van der Waals surface area contributed by atoms with Gasteiger partial charge in [-0.15, -0.1) is 0 Å². The second-order valence-electron chi connectivity index (χ2n) is 4.86. The molecule has 1 aromatic rings. The highest BCUT2D eigenvalue weighted by Crippen LogP contribution is 2.39. The summed E-state index contributed by atoms with van der Waals surface area (Å²) in [7, 11) is 0. The Bertz CT molecular complexity index is 431. The van der Waals surface area contributed by atoms with Gasteiger partial charge in [0.2, 0.25) is 0 Å². The number of carbonyl (C=O) groups is 1. The first kappa shape index (κ1) is 12.4. The summed E-state index contributed by atoms with van der Waals surface area (Å²) in [5.41, 5.74) is 6.05. The van der Waals surface area contributed by atoms with Crippen LogP contribution in [0.5, 0.6) is 0 Å². The molecule has 0 aliphatic heterocycles. The van der Waals surface area contributed by atoms with Crippen LogP contribution in [0.2, 0.25) is 5.02 Å². The molecule has 3 N–H and O–H groups in total. The fourth-order valence-electron chi connectivity index (χ4n) is 2.00. The van der Waals surface area contributed by atoms with Crippen molar-refractivity contribution in [1.82, 2.24) is 5.32 Å². The summed E-state index contributed by atoms with van der Waals surface area (Å²) in [5, 5.41) is 3.59. The number of hydrogen-bond acceptors (Lipinski definition) is 2. The Kier molecular flexibility index (Phi) is 3.40. The molecule has 3 nitrogen and oxygen atoms in total. The summed E-state index contributed by atoms with van der Waals surface area (Å²) in [6.45, 7) is 2.47. The molecule has 0 radical (unpaired) electrons. The molecule has 17 heavy (non-hydrogen) atoms. The van der Waals surface area contributed by atoms with Gasteiger partial charge in [-0.2, -0.15) is 0 Å². The summed E-state index contributed by atoms with van der Waals surface area (Å²) < 4.78 is 0. The SMILES string of the molecule is CC(CN)(NC(=O)c1cccc(Cl)c1)C1CC1. The lowest BCUT2D eigenvalue weighted by atomic mass is 9.95. The van der Waals surface area contributed by atoms with Gasteiger partial charge in [0.15, 0.2) is 0 Å². The second-order valence-corrected chi connectivity index (χ2v) is 5.30. The molecule has 1 unspecified atom stereocenters. The molecule has 0 bridgehead atoms. The van der Waals surface area contributed by atoms with Crippen molar-refractivity contribution in [2.45, 2.75) is 25.3 Å². The predicted molar refractivity (Wildman–Crippen MR) is 69.1 cm³/mol. The van der Waals surface area contributed by atoms with E-state index >= 15 is 0 Å². The molecule has 1 aromatic carbocycles. The van der Waals surface area contributed by atoms with Crippen LogP contribution in [0, 0.1) is 5.92 Å². The van der Waals surface area contributed by atoms with Crippen LogP contribution >= 0.6 is 11.6 Å². The Morgan fingerprint density at radius 2 is 2.29 bits per heavy atom. The Morgan fingerprint density at radius 1 is 1.59 bits per heavy atom. The van der Waals surface area contributed by atoms with Gasteiger partial charge in [0.25, 0.3) is 5.91 Å². The zero-order valence-electron chi connectivity index (χ0n) is 9.87. The van der Waals surface area contributed by atoms with E-state index in [1.165, 1.54) is 0 Å². The van der Waals surface area contributed by atoms with E-state index in [-0.39, 0.29) is 11.4 Å². The highest BCUT2D eigenvalue weighted by molar-refractivity contribution is 6.30. The molecule has 0 spiro atoms. The zero-order valence-corrected chi connectivity index (χ0v) is 10.6. The third-order valence-corrected chi connectivity index (χ3v) is 3.62. The topological polar surface area (TPSA) is 55.1 Å². The van der Waals surface area contributed by atoms with E-state index < -0.39 is 0 Å². The van der Waals surface area contributed by atoms with Gasteiger partial charge in [-0.25, -0.2) is 0 Å². The van der Waals surface area contributed by atoms with Gasteiger partial charge in [-0.3, -0.25) is 4.79 Å². The van der Waals surface area contributed by atoms with Crippen molar-refractivity contribution in [1.29, 1.82) is 0 Å². The number of nitrogens with two attached hydrogens (primary N) is 1. The zero-order chi connectivity index (χ0) is 12.5. The van der Waals surface area contributed by atoms with Gasteiger partial charge in [-0.05, 0) is 43.9 Å². The lowest BCUT2D eigenvalue weighted by Gasteiger charge is -2.29. The fraction of sp³-hybridized carbons (Fsp3) is 0.462. The van der Waals surface area contributed by atoms with E-state index in [9.17, 15) is 4.79 Å². The van der Waals surface area contributed by atoms with Gasteiger partial charge in [0, 0.05) is 17.1 Å². The van der Waals surface area contributed by atoms with Crippen LogP contribution in [0.15, 0.2) is 24.3 Å². The summed E-state index contributed by atoms with van der Waals surface area (Å²) >= 11 is 5.86. The number of hydrogen-bond donors (Lipinski definition) is 2. The second kappa shape index (κ2) is 4.67. The Labute approximate surface area is 106 Å².